The number of carbonyl (C=O) groups excluding carboxylic acids is 2. The Bertz CT molecular complexity index is 1240. The third kappa shape index (κ3) is 3.68. The molecule has 2 aromatic heterocycles. The van der Waals surface area contributed by atoms with Gasteiger partial charge in [0.05, 0.1) is 16.3 Å². The molecule has 0 spiro atoms. The minimum Gasteiger partial charge on any atom is -0.338 e. The summed E-state index contributed by atoms with van der Waals surface area (Å²) >= 11 is 1.49. The van der Waals surface area contributed by atoms with Crippen molar-refractivity contribution in [1.82, 2.24) is 14.7 Å². The van der Waals surface area contributed by atoms with Crippen LogP contribution in [0.5, 0.6) is 0 Å². The maximum Gasteiger partial charge on any atom is 0.264 e. The highest BCUT2D eigenvalue weighted by atomic mass is 32.1. The summed E-state index contributed by atoms with van der Waals surface area (Å²) in [6, 6.07) is 21.4. The van der Waals surface area contributed by atoms with Crippen molar-refractivity contribution in [2.45, 2.75) is 19.8 Å². The molecular weight excluding hydrogens is 406 g/mol. The summed E-state index contributed by atoms with van der Waals surface area (Å²) in [7, 11) is 0. The van der Waals surface area contributed by atoms with Gasteiger partial charge < -0.3 is 4.90 Å². The molecule has 0 radical (unpaired) electrons. The van der Waals surface area contributed by atoms with Gasteiger partial charge in [0.15, 0.2) is 5.78 Å². The summed E-state index contributed by atoms with van der Waals surface area (Å²) in [5.74, 6) is 0.224. The van der Waals surface area contributed by atoms with Gasteiger partial charge in [0.2, 0.25) is 0 Å². The van der Waals surface area contributed by atoms with Crippen molar-refractivity contribution in [1.29, 1.82) is 0 Å². The largest absolute Gasteiger partial charge is 0.338 e. The van der Waals surface area contributed by atoms with Crippen molar-refractivity contribution in [3.63, 3.8) is 0 Å². The van der Waals surface area contributed by atoms with E-state index in [9.17, 15) is 9.59 Å². The molecule has 3 heterocycles. The zero-order chi connectivity index (χ0) is 21.4. The van der Waals surface area contributed by atoms with E-state index in [-0.39, 0.29) is 17.6 Å². The number of hydrogen-bond donors (Lipinski definition) is 0. The molecule has 1 aliphatic rings. The molecule has 156 valence electrons. The number of aromatic nitrogens is 2. The number of amides is 1. The molecular formula is C25H23N3O2S. The number of aryl methyl sites for hydroxylation is 1. The topological polar surface area (TPSA) is 55.2 Å². The van der Waals surface area contributed by atoms with E-state index in [1.165, 1.54) is 11.3 Å². The van der Waals surface area contributed by atoms with Crippen LogP contribution in [0.25, 0.3) is 15.9 Å². The Morgan fingerprint density at radius 3 is 2.29 bits per heavy atom. The lowest BCUT2D eigenvalue weighted by Gasteiger charge is -2.31. The third-order valence-corrected chi connectivity index (χ3v) is 7.07. The first-order valence-corrected chi connectivity index (χ1v) is 11.4. The van der Waals surface area contributed by atoms with Crippen LogP contribution in [0.15, 0.2) is 66.7 Å². The fourth-order valence-electron chi connectivity index (χ4n) is 4.24. The molecule has 31 heavy (non-hydrogen) atoms. The van der Waals surface area contributed by atoms with Gasteiger partial charge in [0.25, 0.3) is 5.91 Å². The summed E-state index contributed by atoms with van der Waals surface area (Å²) in [6.07, 6.45) is 1.42. The summed E-state index contributed by atoms with van der Waals surface area (Å²) in [6.45, 7) is 3.20. The average Bonchev–Trinajstić information content (AvgIpc) is 3.40. The van der Waals surface area contributed by atoms with E-state index < -0.39 is 0 Å². The maximum atomic E-state index is 13.2. The molecule has 1 aliphatic heterocycles. The number of likely N-dealkylation sites (tertiary alicyclic amines) is 1. The van der Waals surface area contributed by atoms with Crippen molar-refractivity contribution in [3.05, 3.63) is 82.9 Å². The van der Waals surface area contributed by atoms with Gasteiger partial charge in [-0.2, -0.15) is 5.10 Å². The number of nitrogens with zero attached hydrogens (tertiary/aromatic N) is 3. The Morgan fingerprint density at radius 2 is 1.61 bits per heavy atom. The Labute approximate surface area is 184 Å². The minimum absolute atomic E-state index is 0.0114. The van der Waals surface area contributed by atoms with E-state index in [2.05, 4.69) is 5.10 Å². The van der Waals surface area contributed by atoms with Crippen molar-refractivity contribution in [2.75, 3.05) is 13.1 Å². The van der Waals surface area contributed by atoms with Gasteiger partial charge in [-0.05, 0) is 38.0 Å². The Hall–Kier alpha value is -3.25. The van der Waals surface area contributed by atoms with Crippen LogP contribution in [0.3, 0.4) is 0 Å². The molecule has 1 amide bonds. The second kappa shape index (κ2) is 8.12. The number of carbonyl (C=O) groups is 2. The Kier molecular flexibility index (Phi) is 5.16. The zero-order valence-electron chi connectivity index (χ0n) is 17.3. The monoisotopic (exact) mass is 429 g/mol. The molecule has 5 nitrogen and oxygen atoms in total. The number of para-hydroxylation sites is 1. The molecule has 5 rings (SSSR count). The van der Waals surface area contributed by atoms with Crippen LogP contribution in [-0.2, 0) is 0 Å². The molecule has 0 atom stereocenters. The summed E-state index contributed by atoms with van der Waals surface area (Å²) < 4.78 is 1.91. The van der Waals surface area contributed by atoms with Crippen LogP contribution in [-0.4, -0.2) is 39.5 Å². The first-order valence-electron chi connectivity index (χ1n) is 10.5. The van der Waals surface area contributed by atoms with Gasteiger partial charge in [0.1, 0.15) is 4.83 Å². The minimum atomic E-state index is -0.0114. The van der Waals surface area contributed by atoms with Gasteiger partial charge in [-0.1, -0.05) is 48.5 Å². The number of fused-ring (bicyclic) bond motifs is 1. The quantitative estimate of drug-likeness (QED) is 0.423. The van der Waals surface area contributed by atoms with Crippen molar-refractivity contribution >= 4 is 33.2 Å². The highest BCUT2D eigenvalue weighted by Crippen LogP contribution is 2.32. The number of thiophene rings is 1. The van der Waals surface area contributed by atoms with Crippen LogP contribution in [0.1, 0.15) is 38.6 Å². The summed E-state index contributed by atoms with van der Waals surface area (Å²) in [4.78, 5) is 29.5. The van der Waals surface area contributed by atoms with Gasteiger partial charge >= 0.3 is 0 Å². The third-order valence-electron chi connectivity index (χ3n) is 5.97. The predicted octanol–water partition coefficient (Wildman–Crippen LogP) is 5.13. The van der Waals surface area contributed by atoms with Gasteiger partial charge in [-0.3, -0.25) is 9.59 Å². The standard InChI is InChI=1S/C25H23N3O2S/c1-17-21-16-22(31-25(21)28(26-17)20-10-6-3-7-11-20)24(30)27-14-12-19(13-15-27)23(29)18-8-4-2-5-9-18/h2-11,16,19H,12-15H2,1H3. The first kappa shape index (κ1) is 19.7. The highest BCUT2D eigenvalue weighted by molar-refractivity contribution is 7.20. The smallest absolute Gasteiger partial charge is 0.264 e. The molecule has 0 N–H and O–H groups in total. The fraction of sp³-hybridized carbons (Fsp3) is 0.240. The molecule has 6 heteroatoms. The molecule has 0 saturated carbocycles. The molecule has 0 aliphatic carbocycles. The van der Waals surface area contributed by atoms with Crippen LogP contribution in [0.4, 0.5) is 0 Å². The number of ketones is 1. The lowest BCUT2D eigenvalue weighted by molar-refractivity contribution is 0.0654. The molecule has 0 unspecified atom stereocenters. The van der Waals surface area contributed by atoms with E-state index in [1.54, 1.807) is 0 Å². The number of piperidine rings is 1. The number of Topliss-reactive ketones (excluding diaryl/α,β-unsaturated/α-hetero) is 1. The summed E-state index contributed by atoms with van der Waals surface area (Å²) in [5, 5.41) is 5.68. The zero-order valence-corrected chi connectivity index (χ0v) is 18.1. The number of rotatable bonds is 4. The fourth-order valence-corrected chi connectivity index (χ4v) is 5.39. The first-order chi connectivity index (χ1) is 15.1. The maximum absolute atomic E-state index is 13.2. The summed E-state index contributed by atoms with van der Waals surface area (Å²) in [5.41, 5.74) is 2.67. The van der Waals surface area contributed by atoms with E-state index in [0.717, 1.165) is 32.0 Å². The Balaban J connectivity index is 1.33. The molecule has 4 aromatic rings. The Morgan fingerprint density at radius 1 is 0.968 bits per heavy atom. The van der Waals surface area contributed by atoms with Crippen molar-refractivity contribution in [2.24, 2.45) is 5.92 Å². The predicted molar refractivity (Wildman–Crippen MR) is 123 cm³/mol. The average molecular weight is 430 g/mol. The molecule has 1 saturated heterocycles. The second-order valence-corrected chi connectivity index (χ2v) is 8.99. The van der Waals surface area contributed by atoms with Crippen LogP contribution < -0.4 is 0 Å². The highest BCUT2D eigenvalue weighted by Gasteiger charge is 2.29. The van der Waals surface area contributed by atoms with Crippen LogP contribution in [0, 0.1) is 12.8 Å². The molecule has 2 aromatic carbocycles. The second-order valence-electron chi connectivity index (χ2n) is 7.96. The van der Waals surface area contributed by atoms with Crippen LogP contribution >= 0.6 is 11.3 Å². The lowest BCUT2D eigenvalue weighted by Crippen LogP contribution is -2.40. The SMILES string of the molecule is Cc1nn(-c2ccccc2)c2sc(C(=O)N3CCC(C(=O)c4ccccc4)CC3)cc12. The van der Waals surface area contributed by atoms with E-state index >= 15 is 0 Å². The molecule has 0 bridgehead atoms. The van der Waals surface area contributed by atoms with Gasteiger partial charge in [-0.15, -0.1) is 11.3 Å². The number of benzene rings is 2. The lowest BCUT2D eigenvalue weighted by atomic mass is 9.89. The van der Waals surface area contributed by atoms with Crippen LogP contribution in [0.2, 0.25) is 0 Å². The normalized spacial score (nSPS) is 14.8. The number of hydrogen-bond acceptors (Lipinski definition) is 4. The van der Waals surface area contributed by atoms with E-state index in [4.69, 9.17) is 0 Å². The van der Waals surface area contributed by atoms with E-state index in [1.807, 2.05) is 83.2 Å². The van der Waals surface area contributed by atoms with Crippen molar-refractivity contribution < 1.29 is 9.59 Å². The molecule has 1 fully saturated rings. The van der Waals surface area contributed by atoms with Gasteiger partial charge in [0, 0.05) is 30.0 Å². The van der Waals surface area contributed by atoms with Crippen molar-refractivity contribution in [3.8, 4) is 5.69 Å². The van der Waals surface area contributed by atoms with Gasteiger partial charge in [-0.25, -0.2) is 4.68 Å². The van der Waals surface area contributed by atoms with E-state index in [0.29, 0.717) is 25.9 Å².